The van der Waals surface area contributed by atoms with Gasteiger partial charge in [0.2, 0.25) is 0 Å². The Balaban J connectivity index is 5.15. The first-order valence-corrected chi connectivity index (χ1v) is 10.1. The first-order chi connectivity index (χ1) is 10.1. The Morgan fingerprint density at radius 3 is 2.14 bits per heavy atom. The van der Waals surface area contributed by atoms with Gasteiger partial charge in [-0.05, 0) is 73.5 Å². The SMILES string of the molecule is CC(C)=CCC/C(C)=C/CP(=O)(N=C=S)N(C(C)C)C(C)C. The van der Waals surface area contributed by atoms with E-state index in [0.717, 1.165) is 12.8 Å². The molecule has 0 heterocycles. The summed E-state index contributed by atoms with van der Waals surface area (Å²) >= 11 is 4.73. The van der Waals surface area contributed by atoms with Gasteiger partial charge in [0.05, 0.1) is 11.3 Å². The van der Waals surface area contributed by atoms with Gasteiger partial charge in [-0.3, -0.25) is 4.57 Å². The van der Waals surface area contributed by atoms with E-state index >= 15 is 0 Å². The second-order valence-corrected chi connectivity index (χ2v) is 9.02. The molecule has 0 spiro atoms. The molecule has 0 aromatic rings. The predicted octanol–water partition coefficient (Wildman–Crippen LogP) is 6.09. The third kappa shape index (κ3) is 7.65. The van der Waals surface area contributed by atoms with Crippen LogP contribution in [0.4, 0.5) is 0 Å². The Morgan fingerprint density at radius 2 is 1.73 bits per heavy atom. The van der Waals surface area contributed by atoms with E-state index in [0.29, 0.717) is 6.16 Å². The van der Waals surface area contributed by atoms with Crippen LogP contribution in [0.15, 0.2) is 28.1 Å². The number of hydrogen-bond donors (Lipinski definition) is 0. The van der Waals surface area contributed by atoms with Crippen LogP contribution in [-0.4, -0.2) is 28.1 Å². The van der Waals surface area contributed by atoms with Gasteiger partial charge in [0.25, 0.3) is 7.44 Å². The van der Waals surface area contributed by atoms with Crippen molar-refractivity contribution in [2.45, 2.75) is 73.4 Å². The van der Waals surface area contributed by atoms with E-state index < -0.39 is 7.44 Å². The lowest BCUT2D eigenvalue weighted by atomic mass is 10.1. The fourth-order valence-corrected chi connectivity index (χ4v) is 5.41. The molecule has 0 bridgehead atoms. The zero-order chi connectivity index (χ0) is 17.3. The van der Waals surface area contributed by atoms with Crippen LogP contribution in [0.1, 0.15) is 61.3 Å². The molecular formula is C17H31N2OPS. The molecule has 0 aliphatic rings. The first-order valence-electron chi connectivity index (χ1n) is 7.90. The summed E-state index contributed by atoms with van der Waals surface area (Å²) in [6.45, 7) is 14.4. The standard InChI is InChI=1S/C17H31N2OPS/c1-14(2)9-8-10-17(7)11-12-21(20,18-13-22)19(15(3)4)16(5)6/h9,11,15-16H,8,10,12H2,1-7H3/b17-11+. The predicted molar refractivity (Wildman–Crippen MR) is 102 cm³/mol. The van der Waals surface area contributed by atoms with Crippen LogP contribution < -0.4 is 0 Å². The molecule has 3 nitrogen and oxygen atoms in total. The van der Waals surface area contributed by atoms with Crippen molar-refractivity contribution >= 4 is 24.8 Å². The molecule has 0 saturated carbocycles. The number of thiocarbonyl (C=S) groups is 1. The summed E-state index contributed by atoms with van der Waals surface area (Å²) in [6, 6.07) is 0.301. The van der Waals surface area contributed by atoms with Crippen molar-refractivity contribution in [1.82, 2.24) is 4.67 Å². The average Bonchev–Trinajstić information content (AvgIpc) is 2.35. The van der Waals surface area contributed by atoms with Gasteiger partial charge < -0.3 is 0 Å². The van der Waals surface area contributed by atoms with Gasteiger partial charge in [-0.1, -0.05) is 23.3 Å². The highest BCUT2D eigenvalue weighted by Gasteiger charge is 2.33. The van der Waals surface area contributed by atoms with Crippen molar-refractivity contribution in [3.63, 3.8) is 0 Å². The molecule has 0 aromatic heterocycles. The lowest BCUT2D eigenvalue weighted by molar-refractivity contribution is 0.300. The molecule has 22 heavy (non-hydrogen) atoms. The van der Waals surface area contributed by atoms with Gasteiger partial charge in [-0.15, -0.1) is 0 Å². The number of allylic oxidation sites excluding steroid dienone is 4. The van der Waals surface area contributed by atoms with Crippen molar-refractivity contribution < 1.29 is 4.57 Å². The molecule has 5 heteroatoms. The van der Waals surface area contributed by atoms with Crippen LogP contribution in [0.5, 0.6) is 0 Å². The Kier molecular flexibility index (Phi) is 10.0. The van der Waals surface area contributed by atoms with Gasteiger partial charge in [-0.25, -0.2) is 4.67 Å². The van der Waals surface area contributed by atoms with E-state index in [4.69, 9.17) is 12.2 Å². The monoisotopic (exact) mass is 342 g/mol. The summed E-state index contributed by atoms with van der Waals surface area (Å²) in [7, 11) is -2.90. The van der Waals surface area contributed by atoms with Gasteiger partial charge in [0.1, 0.15) is 0 Å². The van der Waals surface area contributed by atoms with Crippen molar-refractivity contribution in [3.05, 3.63) is 23.3 Å². The molecular weight excluding hydrogens is 311 g/mol. The second kappa shape index (κ2) is 10.3. The summed E-state index contributed by atoms with van der Waals surface area (Å²) in [5, 5.41) is 2.35. The molecule has 0 fully saturated rings. The fourth-order valence-electron chi connectivity index (χ4n) is 2.53. The maximum absolute atomic E-state index is 13.3. The van der Waals surface area contributed by atoms with Crippen LogP contribution in [0, 0.1) is 0 Å². The van der Waals surface area contributed by atoms with Gasteiger partial charge in [0, 0.05) is 12.1 Å². The highest BCUT2D eigenvalue weighted by atomic mass is 32.1. The van der Waals surface area contributed by atoms with E-state index in [1.54, 1.807) is 0 Å². The first kappa shape index (κ1) is 21.5. The summed E-state index contributed by atoms with van der Waals surface area (Å²) in [5.74, 6) is 0. The van der Waals surface area contributed by atoms with Crippen LogP contribution in [0.2, 0.25) is 0 Å². The second-order valence-electron chi connectivity index (χ2n) is 6.48. The molecule has 0 aromatic carbocycles. The fraction of sp³-hybridized carbons (Fsp3) is 0.706. The summed E-state index contributed by atoms with van der Waals surface area (Å²) < 4.78 is 19.3. The molecule has 0 N–H and O–H groups in total. The number of rotatable bonds is 9. The van der Waals surface area contributed by atoms with Crippen LogP contribution >= 0.6 is 19.7 Å². The quantitative estimate of drug-likeness (QED) is 0.220. The van der Waals surface area contributed by atoms with Crippen molar-refractivity contribution in [3.8, 4) is 0 Å². The summed E-state index contributed by atoms with van der Waals surface area (Å²) in [4.78, 5) is 0. The Hall–Kier alpha value is -0.530. The molecule has 1 atom stereocenters. The van der Waals surface area contributed by atoms with Crippen molar-refractivity contribution in [2.24, 2.45) is 4.76 Å². The van der Waals surface area contributed by atoms with E-state index in [1.807, 2.05) is 38.4 Å². The lowest BCUT2D eigenvalue weighted by Crippen LogP contribution is -2.34. The minimum atomic E-state index is -2.90. The Morgan fingerprint density at radius 1 is 1.18 bits per heavy atom. The minimum Gasteiger partial charge on any atom is -0.279 e. The third-order valence-electron chi connectivity index (χ3n) is 3.38. The molecule has 126 valence electrons. The highest BCUT2D eigenvalue weighted by molar-refractivity contribution is 7.78. The van der Waals surface area contributed by atoms with Gasteiger partial charge in [0.15, 0.2) is 0 Å². The van der Waals surface area contributed by atoms with Crippen molar-refractivity contribution in [1.29, 1.82) is 0 Å². The molecule has 1 unspecified atom stereocenters. The third-order valence-corrected chi connectivity index (χ3v) is 6.33. The Bertz CT molecular complexity index is 491. The van der Waals surface area contributed by atoms with Gasteiger partial charge >= 0.3 is 0 Å². The van der Waals surface area contributed by atoms with E-state index in [2.05, 4.69) is 36.8 Å². The molecule has 0 aliphatic carbocycles. The maximum Gasteiger partial charge on any atom is 0.270 e. The molecule has 0 amide bonds. The summed E-state index contributed by atoms with van der Waals surface area (Å²) in [5.41, 5.74) is 2.57. The number of isothiocyanates is 1. The summed E-state index contributed by atoms with van der Waals surface area (Å²) in [6.07, 6.45) is 6.70. The van der Waals surface area contributed by atoms with Crippen molar-refractivity contribution in [2.75, 3.05) is 6.16 Å². The van der Waals surface area contributed by atoms with E-state index in [1.165, 1.54) is 11.1 Å². The van der Waals surface area contributed by atoms with Gasteiger partial charge in [-0.2, -0.15) is 4.76 Å². The lowest BCUT2D eigenvalue weighted by Gasteiger charge is -2.34. The zero-order valence-electron chi connectivity index (χ0n) is 15.1. The van der Waals surface area contributed by atoms with E-state index in [-0.39, 0.29) is 12.1 Å². The average molecular weight is 342 g/mol. The van der Waals surface area contributed by atoms with Crippen LogP contribution in [0.3, 0.4) is 0 Å². The largest absolute Gasteiger partial charge is 0.279 e. The smallest absolute Gasteiger partial charge is 0.270 e. The highest BCUT2D eigenvalue weighted by Crippen LogP contribution is 2.53. The Labute approximate surface area is 142 Å². The molecule has 0 aliphatic heterocycles. The normalized spacial score (nSPS) is 14.9. The minimum absolute atomic E-state index is 0.150. The topological polar surface area (TPSA) is 32.7 Å². The molecule has 0 radical (unpaired) electrons. The number of nitrogens with zero attached hydrogens (tertiary/aromatic N) is 2. The molecule has 0 saturated heterocycles. The maximum atomic E-state index is 13.3. The van der Waals surface area contributed by atoms with Crippen LogP contribution in [-0.2, 0) is 4.57 Å². The zero-order valence-corrected chi connectivity index (χ0v) is 16.8. The molecule has 0 rings (SSSR count). The number of hydrogen-bond acceptors (Lipinski definition) is 2. The van der Waals surface area contributed by atoms with Crippen LogP contribution in [0.25, 0.3) is 0 Å². The van der Waals surface area contributed by atoms with E-state index in [9.17, 15) is 4.57 Å².